The Hall–Kier alpha value is -0.570. The third kappa shape index (κ3) is 2.82. The minimum atomic E-state index is -0.214. The molecule has 3 heteroatoms. The van der Waals surface area contributed by atoms with Crippen LogP contribution in [-0.4, -0.2) is 28.4 Å². The van der Waals surface area contributed by atoms with Crippen LogP contribution in [0.1, 0.15) is 65.2 Å². The highest BCUT2D eigenvalue weighted by Gasteiger charge is 2.38. The Morgan fingerprint density at radius 2 is 1.76 bits per heavy atom. The van der Waals surface area contributed by atoms with E-state index in [2.05, 4.69) is 18.7 Å². The van der Waals surface area contributed by atoms with Crippen LogP contribution in [0.3, 0.4) is 0 Å². The van der Waals surface area contributed by atoms with Crippen molar-refractivity contribution in [2.75, 3.05) is 6.54 Å². The number of carbonyl (C=O) groups is 1. The van der Waals surface area contributed by atoms with E-state index in [1.165, 1.54) is 19.3 Å². The van der Waals surface area contributed by atoms with Crippen LogP contribution < -0.4 is 5.73 Å². The van der Waals surface area contributed by atoms with Gasteiger partial charge in [-0.15, -0.1) is 0 Å². The molecular formula is C14H26N2O. The van der Waals surface area contributed by atoms with Gasteiger partial charge in [-0.05, 0) is 39.5 Å². The predicted molar refractivity (Wildman–Crippen MR) is 69.6 cm³/mol. The molecule has 98 valence electrons. The standard InChI is InChI=1S/C14H26N2O/c1-13(2)7-6-10-16(13)12(17)11-14(15)8-4-3-5-9-14/h3-11,15H2,1-2H3. The predicted octanol–water partition coefficient (Wildman–Crippen LogP) is 2.44. The van der Waals surface area contributed by atoms with Gasteiger partial charge in [-0.2, -0.15) is 0 Å². The number of carbonyl (C=O) groups excluding carboxylic acids is 1. The van der Waals surface area contributed by atoms with Crippen LogP contribution in [0, 0.1) is 0 Å². The zero-order chi connectivity index (χ0) is 12.5. The van der Waals surface area contributed by atoms with Gasteiger partial charge in [0.15, 0.2) is 0 Å². The third-order valence-electron chi connectivity index (χ3n) is 4.55. The Morgan fingerprint density at radius 3 is 2.29 bits per heavy atom. The fourth-order valence-electron chi connectivity index (χ4n) is 3.40. The van der Waals surface area contributed by atoms with Gasteiger partial charge in [-0.25, -0.2) is 0 Å². The summed E-state index contributed by atoms with van der Waals surface area (Å²) >= 11 is 0. The number of amides is 1. The van der Waals surface area contributed by atoms with Gasteiger partial charge in [0.1, 0.15) is 0 Å². The number of likely N-dealkylation sites (tertiary alicyclic amines) is 1. The molecule has 0 aromatic rings. The average Bonchev–Trinajstić information content (AvgIpc) is 2.58. The van der Waals surface area contributed by atoms with Gasteiger partial charge in [-0.1, -0.05) is 19.3 Å². The van der Waals surface area contributed by atoms with E-state index in [1.54, 1.807) is 0 Å². The van der Waals surface area contributed by atoms with E-state index in [1.807, 2.05) is 0 Å². The Bertz CT molecular complexity index is 293. The summed E-state index contributed by atoms with van der Waals surface area (Å²) in [6, 6.07) is 0. The first kappa shape index (κ1) is 12.9. The largest absolute Gasteiger partial charge is 0.338 e. The molecule has 0 unspecified atom stereocenters. The normalized spacial score (nSPS) is 27.1. The smallest absolute Gasteiger partial charge is 0.224 e. The third-order valence-corrected chi connectivity index (χ3v) is 4.55. The van der Waals surface area contributed by atoms with Crippen molar-refractivity contribution in [3.05, 3.63) is 0 Å². The molecule has 2 aliphatic rings. The van der Waals surface area contributed by atoms with E-state index in [0.29, 0.717) is 6.42 Å². The topological polar surface area (TPSA) is 46.3 Å². The molecule has 2 N–H and O–H groups in total. The van der Waals surface area contributed by atoms with Gasteiger partial charge in [0.25, 0.3) is 0 Å². The van der Waals surface area contributed by atoms with Crippen LogP contribution in [0.5, 0.6) is 0 Å². The highest BCUT2D eigenvalue weighted by Crippen LogP contribution is 2.33. The number of nitrogens with two attached hydrogens (primary N) is 1. The van der Waals surface area contributed by atoms with Crippen molar-refractivity contribution in [2.45, 2.75) is 76.3 Å². The van der Waals surface area contributed by atoms with Crippen LogP contribution in [0.4, 0.5) is 0 Å². The zero-order valence-electron chi connectivity index (χ0n) is 11.3. The summed E-state index contributed by atoms with van der Waals surface area (Å²) in [5, 5.41) is 0. The van der Waals surface area contributed by atoms with E-state index in [0.717, 1.165) is 32.2 Å². The van der Waals surface area contributed by atoms with Crippen molar-refractivity contribution >= 4 is 5.91 Å². The van der Waals surface area contributed by atoms with E-state index in [-0.39, 0.29) is 17.0 Å². The maximum atomic E-state index is 12.4. The number of hydrogen-bond donors (Lipinski definition) is 1. The molecule has 0 aromatic heterocycles. The summed E-state index contributed by atoms with van der Waals surface area (Å²) in [6.07, 6.45) is 8.51. The average molecular weight is 238 g/mol. The van der Waals surface area contributed by atoms with Crippen molar-refractivity contribution in [1.82, 2.24) is 4.90 Å². The summed E-state index contributed by atoms with van der Waals surface area (Å²) < 4.78 is 0. The lowest BCUT2D eigenvalue weighted by molar-refractivity contribution is -0.135. The molecule has 0 aromatic carbocycles. The highest BCUT2D eigenvalue weighted by atomic mass is 16.2. The maximum Gasteiger partial charge on any atom is 0.224 e. The van der Waals surface area contributed by atoms with Crippen molar-refractivity contribution < 1.29 is 4.79 Å². The summed E-state index contributed by atoms with van der Waals surface area (Å²) in [5.41, 5.74) is 6.20. The Labute approximate surface area is 105 Å². The summed E-state index contributed by atoms with van der Waals surface area (Å²) in [6.45, 7) is 5.26. The molecule has 1 aliphatic heterocycles. The van der Waals surface area contributed by atoms with Crippen LogP contribution in [0.2, 0.25) is 0 Å². The first-order valence-corrected chi connectivity index (χ1v) is 7.02. The summed E-state index contributed by atoms with van der Waals surface area (Å²) in [7, 11) is 0. The molecule has 0 spiro atoms. The summed E-state index contributed by atoms with van der Waals surface area (Å²) in [5.74, 6) is 0.275. The van der Waals surface area contributed by atoms with Gasteiger partial charge in [0.05, 0.1) is 0 Å². The van der Waals surface area contributed by atoms with Crippen LogP contribution in [-0.2, 0) is 4.79 Å². The second kappa shape index (κ2) is 4.60. The van der Waals surface area contributed by atoms with Crippen LogP contribution >= 0.6 is 0 Å². The van der Waals surface area contributed by atoms with Crippen molar-refractivity contribution in [2.24, 2.45) is 5.73 Å². The van der Waals surface area contributed by atoms with Crippen molar-refractivity contribution in [3.8, 4) is 0 Å². The van der Waals surface area contributed by atoms with E-state index in [9.17, 15) is 4.79 Å². The molecule has 1 saturated heterocycles. The number of nitrogens with zero attached hydrogens (tertiary/aromatic N) is 1. The monoisotopic (exact) mass is 238 g/mol. The van der Waals surface area contributed by atoms with Gasteiger partial charge in [0.2, 0.25) is 5.91 Å². The van der Waals surface area contributed by atoms with Gasteiger partial charge in [0, 0.05) is 24.0 Å². The lowest BCUT2D eigenvalue weighted by Gasteiger charge is -2.37. The molecule has 1 saturated carbocycles. The lowest BCUT2D eigenvalue weighted by atomic mass is 9.80. The minimum Gasteiger partial charge on any atom is -0.338 e. The molecule has 17 heavy (non-hydrogen) atoms. The van der Waals surface area contributed by atoms with E-state index in [4.69, 9.17) is 5.73 Å². The molecule has 1 heterocycles. The van der Waals surface area contributed by atoms with Gasteiger partial charge < -0.3 is 10.6 Å². The lowest BCUT2D eigenvalue weighted by Crippen LogP contribution is -2.50. The molecule has 1 aliphatic carbocycles. The molecular weight excluding hydrogens is 212 g/mol. The Kier molecular flexibility index (Phi) is 3.48. The molecule has 0 radical (unpaired) electrons. The first-order chi connectivity index (χ1) is 7.93. The highest BCUT2D eigenvalue weighted by molar-refractivity contribution is 5.78. The molecule has 2 rings (SSSR count). The zero-order valence-corrected chi connectivity index (χ0v) is 11.3. The molecule has 2 fully saturated rings. The molecule has 0 atom stereocenters. The van der Waals surface area contributed by atoms with E-state index < -0.39 is 0 Å². The van der Waals surface area contributed by atoms with E-state index >= 15 is 0 Å². The van der Waals surface area contributed by atoms with Crippen LogP contribution in [0.25, 0.3) is 0 Å². The first-order valence-electron chi connectivity index (χ1n) is 7.02. The molecule has 0 bridgehead atoms. The van der Waals surface area contributed by atoms with Gasteiger partial charge >= 0.3 is 0 Å². The Morgan fingerprint density at radius 1 is 1.12 bits per heavy atom. The second-order valence-electron chi connectivity index (χ2n) is 6.56. The van der Waals surface area contributed by atoms with Crippen molar-refractivity contribution in [1.29, 1.82) is 0 Å². The second-order valence-corrected chi connectivity index (χ2v) is 6.56. The maximum absolute atomic E-state index is 12.4. The van der Waals surface area contributed by atoms with Gasteiger partial charge in [-0.3, -0.25) is 4.79 Å². The Balaban J connectivity index is 1.96. The fraction of sp³-hybridized carbons (Fsp3) is 0.929. The molecule has 3 nitrogen and oxygen atoms in total. The SMILES string of the molecule is CC1(C)CCCN1C(=O)CC1(N)CCCCC1. The quantitative estimate of drug-likeness (QED) is 0.803. The summed E-state index contributed by atoms with van der Waals surface area (Å²) in [4.78, 5) is 14.4. The van der Waals surface area contributed by atoms with Crippen molar-refractivity contribution in [3.63, 3.8) is 0 Å². The fourth-order valence-corrected chi connectivity index (χ4v) is 3.40. The molecule has 1 amide bonds. The minimum absolute atomic E-state index is 0.0438. The number of rotatable bonds is 2. The number of hydrogen-bond acceptors (Lipinski definition) is 2. The van der Waals surface area contributed by atoms with Crippen LogP contribution in [0.15, 0.2) is 0 Å².